The maximum atomic E-state index is 4.33. The summed E-state index contributed by atoms with van der Waals surface area (Å²) in [6, 6.07) is 12.2. The maximum Gasteiger partial charge on any atom is 0.225 e. The first-order chi connectivity index (χ1) is 12.8. The van der Waals surface area contributed by atoms with Crippen molar-refractivity contribution in [2.24, 2.45) is 4.99 Å². The van der Waals surface area contributed by atoms with Crippen molar-refractivity contribution in [1.29, 1.82) is 0 Å². The van der Waals surface area contributed by atoms with Crippen molar-refractivity contribution in [2.45, 2.75) is 6.54 Å². The minimum Gasteiger partial charge on any atom is -0.355 e. The summed E-state index contributed by atoms with van der Waals surface area (Å²) in [5.41, 5.74) is 1.25. The van der Waals surface area contributed by atoms with Crippen LogP contribution in [0.3, 0.4) is 0 Å². The van der Waals surface area contributed by atoms with Crippen molar-refractivity contribution in [3.63, 3.8) is 0 Å². The van der Waals surface area contributed by atoms with E-state index in [1.54, 1.807) is 19.4 Å². The van der Waals surface area contributed by atoms with Crippen LogP contribution >= 0.6 is 24.0 Å². The summed E-state index contributed by atoms with van der Waals surface area (Å²) in [6.45, 7) is 6.62. The smallest absolute Gasteiger partial charge is 0.225 e. The average Bonchev–Trinajstić information content (AvgIpc) is 2.72. The lowest BCUT2D eigenvalue weighted by molar-refractivity contribution is 0.260. The Kier molecular flexibility index (Phi) is 9.26. The van der Waals surface area contributed by atoms with E-state index in [0.717, 1.165) is 57.7 Å². The first-order valence-corrected chi connectivity index (χ1v) is 9.08. The molecule has 8 heteroatoms. The van der Waals surface area contributed by atoms with Gasteiger partial charge in [0, 0.05) is 65.3 Å². The minimum absolute atomic E-state index is 0. The number of anilines is 1. The van der Waals surface area contributed by atoms with Gasteiger partial charge < -0.3 is 15.5 Å². The number of rotatable bonds is 6. The second-order valence-corrected chi connectivity index (χ2v) is 6.22. The van der Waals surface area contributed by atoms with Gasteiger partial charge in [0.15, 0.2) is 5.96 Å². The SMILES string of the molecule is CN=C(NCCN1CCN(c2ncccn2)CC1)NCc1ccccc1.I. The monoisotopic (exact) mass is 481 g/mol. The van der Waals surface area contributed by atoms with E-state index in [-0.39, 0.29) is 24.0 Å². The number of aliphatic imine (C=N–C) groups is 1. The van der Waals surface area contributed by atoms with E-state index in [2.05, 4.69) is 47.5 Å². The molecule has 1 aromatic carbocycles. The van der Waals surface area contributed by atoms with Crippen molar-refractivity contribution in [3.05, 3.63) is 54.4 Å². The molecule has 146 valence electrons. The molecule has 1 aliphatic heterocycles. The topological polar surface area (TPSA) is 68.7 Å². The second-order valence-electron chi connectivity index (χ2n) is 6.22. The molecule has 2 aromatic rings. The maximum absolute atomic E-state index is 4.33. The zero-order valence-electron chi connectivity index (χ0n) is 15.7. The predicted molar refractivity (Wildman–Crippen MR) is 121 cm³/mol. The summed E-state index contributed by atoms with van der Waals surface area (Å²) in [6.07, 6.45) is 3.60. The third kappa shape index (κ3) is 6.94. The molecule has 0 bridgehead atoms. The molecule has 2 heterocycles. The number of hydrogen-bond donors (Lipinski definition) is 2. The van der Waals surface area contributed by atoms with Gasteiger partial charge >= 0.3 is 0 Å². The summed E-state index contributed by atoms with van der Waals surface area (Å²) in [7, 11) is 1.80. The molecule has 0 spiro atoms. The number of halogens is 1. The Balaban J connectivity index is 0.00000261. The molecule has 1 saturated heterocycles. The van der Waals surface area contributed by atoms with Crippen LogP contribution in [0.15, 0.2) is 53.8 Å². The van der Waals surface area contributed by atoms with E-state index in [4.69, 9.17) is 0 Å². The zero-order valence-corrected chi connectivity index (χ0v) is 18.0. The fourth-order valence-corrected chi connectivity index (χ4v) is 2.96. The quantitative estimate of drug-likeness (QED) is 0.371. The summed E-state index contributed by atoms with van der Waals surface area (Å²) in [5, 5.41) is 6.74. The first-order valence-electron chi connectivity index (χ1n) is 9.08. The molecule has 0 radical (unpaired) electrons. The molecule has 27 heavy (non-hydrogen) atoms. The van der Waals surface area contributed by atoms with Gasteiger partial charge in [-0.15, -0.1) is 24.0 Å². The Bertz CT molecular complexity index is 673. The number of benzene rings is 1. The van der Waals surface area contributed by atoms with Gasteiger partial charge in [0.05, 0.1) is 0 Å². The molecule has 0 saturated carbocycles. The van der Waals surface area contributed by atoms with Crippen LogP contribution in [0, 0.1) is 0 Å². The highest BCUT2D eigenvalue weighted by Crippen LogP contribution is 2.09. The molecule has 1 aliphatic rings. The molecule has 0 aliphatic carbocycles. The molecule has 0 unspecified atom stereocenters. The molecular formula is C19H28IN7. The Morgan fingerprint density at radius 1 is 1.00 bits per heavy atom. The average molecular weight is 481 g/mol. The van der Waals surface area contributed by atoms with Crippen molar-refractivity contribution in [1.82, 2.24) is 25.5 Å². The number of piperazine rings is 1. The summed E-state index contributed by atoms with van der Waals surface area (Å²) >= 11 is 0. The van der Waals surface area contributed by atoms with Crippen molar-refractivity contribution in [3.8, 4) is 0 Å². The Morgan fingerprint density at radius 2 is 1.70 bits per heavy atom. The third-order valence-corrected chi connectivity index (χ3v) is 4.45. The Hall–Kier alpha value is -1.94. The van der Waals surface area contributed by atoms with Gasteiger partial charge in [-0.1, -0.05) is 30.3 Å². The highest BCUT2D eigenvalue weighted by Gasteiger charge is 2.18. The van der Waals surface area contributed by atoms with Gasteiger partial charge in [0.2, 0.25) is 5.95 Å². The number of nitrogens with one attached hydrogen (secondary N) is 2. The molecule has 1 fully saturated rings. The lowest BCUT2D eigenvalue weighted by Crippen LogP contribution is -2.49. The summed E-state index contributed by atoms with van der Waals surface area (Å²) < 4.78 is 0. The van der Waals surface area contributed by atoms with E-state index >= 15 is 0 Å². The van der Waals surface area contributed by atoms with Gasteiger partial charge in [-0.3, -0.25) is 9.89 Å². The highest BCUT2D eigenvalue weighted by molar-refractivity contribution is 14.0. The van der Waals surface area contributed by atoms with Gasteiger partial charge in [-0.2, -0.15) is 0 Å². The first kappa shape index (κ1) is 21.4. The van der Waals surface area contributed by atoms with Crippen LogP contribution in [0.2, 0.25) is 0 Å². The number of hydrogen-bond acceptors (Lipinski definition) is 5. The molecular weight excluding hydrogens is 453 g/mol. The van der Waals surface area contributed by atoms with Crippen LogP contribution in [0.5, 0.6) is 0 Å². The third-order valence-electron chi connectivity index (χ3n) is 4.45. The van der Waals surface area contributed by atoms with Gasteiger partial charge in [-0.25, -0.2) is 9.97 Å². The van der Waals surface area contributed by atoms with E-state index in [1.165, 1.54) is 5.56 Å². The van der Waals surface area contributed by atoms with Crippen LogP contribution < -0.4 is 15.5 Å². The minimum atomic E-state index is 0. The van der Waals surface area contributed by atoms with Gasteiger partial charge in [0.1, 0.15) is 0 Å². The number of aromatic nitrogens is 2. The summed E-state index contributed by atoms with van der Waals surface area (Å²) in [5.74, 6) is 1.67. The fraction of sp³-hybridized carbons (Fsp3) is 0.421. The van der Waals surface area contributed by atoms with Crippen LogP contribution in [0.1, 0.15) is 5.56 Å². The zero-order chi connectivity index (χ0) is 18.0. The predicted octanol–water partition coefficient (Wildman–Crippen LogP) is 1.58. The van der Waals surface area contributed by atoms with Crippen molar-refractivity contribution in [2.75, 3.05) is 51.2 Å². The van der Waals surface area contributed by atoms with Crippen LogP contribution in [-0.4, -0.2) is 67.1 Å². The molecule has 1 aromatic heterocycles. The van der Waals surface area contributed by atoms with Crippen molar-refractivity contribution < 1.29 is 0 Å². The molecule has 7 nitrogen and oxygen atoms in total. The number of guanidine groups is 1. The highest BCUT2D eigenvalue weighted by atomic mass is 127. The van der Waals surface area contributed by atoms with E-state index in [1.807, 2.05) is 24.3 Å². The summed E-state index contributed by atoms with van der Waals surface area (Å²) in [4.78, 5) is 17.6. The largest absolute Gasteiger partial charge is 0.355 e. The Labute approximate surface area is 178 Å². The fourth-order valence-electron chi connectivity index (χ4n) is 2.96. The van der Waals surface area contributed by atoms with Crippen LogP contribution in [0.4, 0.5) is 5.95 Å². The number of nitrogens with zero attached hydrogens (tertiary/aromatic N) is 5. The van der Waals surface area contributed by atoms with Gasteiger partial charge in [0.25, 0.3) is 0 Å². The molecule has 0 amide bonds. The second kappa shape index (κ2) is 11.7. The van der Waals surface area contributed by atoms with Crippen LogP contribution in [0.25, 0.3) is 0 Å². The molecule has 0 atom stereocenters. The molecule has 3 rings (SSSR count). The van der Waals surface area contributed by atoms with Crippen molar-refractivity contribution >= 4 is 35.9 Å². The van der Waals surface area contributed by atoms with E-state index < -0.39 is 0 Å². The lowest BCUT2D eigenvalue weighted by atomic mass is 10.2. The lowest BCUT2D eigenvalue weighted by Gasteiger charge is -2.34. The van der Waals surface area contributed by atoms with E-state index in [0.29, 0.717) is 0 Å². The Morgan fingerprint density at radius 3 is 2.37 bits per heavy atom. The van der Waals surface area contributed by atoms with Gasteiger partial charge in [-0.05, 0) is 11.6 Å². The van der Waals surface area contributed by atoms with Crippen LogP contribution in [-0.2, 0) is 6.54 Å². The molecule has 2 N–H and O–H groups in total. The normalized spacial score (nSPS) is 15.1. The standard InChI is InChI=1S/C19H27N7.HI/c1-20-18(24-16-17-6-3-2-4-7-17)21-10-11-25-12-14-26(15-13-25)19-22-8-5-9-23-19;/h2-9H,10-16H2,1H3,(H2,20,21,24);1H. The van der Waals surface area contributed by atoms with E-state index in [9.17, 15) is 0 Å².